The van der Waals surface area contributed by atoms with E-state index < -0.39 is 5.97 Å². The fraction of sp³-hybridized carbons (Fsp3) is 0.103. The Labute approximate surface area is 194 Å². The topological polar surface area (TPSA) is 47.9 Å². The van der Waals surface area contributed by atoms with Crippen LogP contribution in [0.3, 0.4) is 0 Å². The van der Waals surface area contributed by atoms with Crippen molar-refractivity contribution in [2.45, 2.75) is 13.0 Å². The van der Waals surface area contributed by atoms with Crippen molar-refractivity contribution in [2.75, 3.05) is 7.11 Å². The van der Waals surface area contributed by atoms with Gasteiger partial charge in [-0.3, -0.25) is 4.99 Å². The zero-order valence-electron chi connectivity index (χ0n) is 18.6. The Bertz CT molecular complexity index is 1210. The molecule has 4 aromatic rings. The average molecular weight is 436 g/mol. The molecule has 0 amide bonds. The zero-order chi connectivity index (χ0) is 23.0. The summed E-state index contributed by atoms with van der Waals surface area (Å²) in [7, 11) is 1.59. The van der Waals surface area contributed by atoms with Gasteiger partial charge in [-0.1, -0.05) is 66.7 Å². The van der Waals surface area contributed by atoms with E-state index in [-0.39, 0.29) is 6.04 Å². The van der Waals surface area contributed by atoms with E-state index in [9.17, 15) is 4.79 Å². The number of methoxy groups -OCH3 is 1. The number of hydrogen-bond donors (Lipinski definition) is 0. The van der Waals surface area contributed by atoms with E-state index in [0.717, 1.165) is 16.7 Å². The molecule has 0 aliphatic carbocycles. The van der Waals surface area contributed by atoms with Crippen LogP contribution in [0.2, 0.25) is 0 Å². The highest BCUT2D eigenvalue weighted by Gasteiger charge is 2.09. The summed E-state index contributed by atoms with van der Waals surface area (Å²) in [6.45, 7) is 2.09. The maximum absolute atomic E-state index is 12.3. The lowest BCUT2D eigenvalue weighted by Gasteiger charge is -2.08. The fourth-order valence-corrected chi connectivity index (χ4v) is 3.39. The Morgan fingerprint density at radius 2 is 1.33 bits per heavy atom. The molecule has 0 N–H and O–H groups in total. The average Bonchev–Trinajstić information content (AvgIpc) is 2.88. The van der Waals surface area contributed by atoms with E-state index in [2.05, 4.69) is 36.2 Å². The van der Waals surface area contributed by atoms with Crippen LogP contribution < -0.4 is 9.47 Å². The molecule has 0 unspecified atom stereocenters. The van der Waals surface area contributed by atoms with Crippen LogP contribution >= 0.6 is 0 Å². The van der Waals surface area contributed by atoms with Gasteiger partial charge in [-0.05, 0) is 65.6 Å². The van der Waals surface area contributed by atoms with Crippen LogP contribution in [0.5, 0.6) is 11.5 Å². The summed E-state index contributed by atoms with van der Waals surface area (Å²) >= 11 is 0. The minimum absolute atomic E-state index is 0.110. The summed E-state index contributed by atoms with van der Waals surface area (Å²) in [5.74, 6) is 0.788. The molecule has 4 rings (SSSR count). The van der Waals surface area contributed by atoms with Gasteiger partial charge in [-0.25, -0.2) is 4.79 Å². The Hall–Kier alpha value is -4.18. The lowest BCUT2D eigenvalue weighted by atomic mass is 10.0. The summed E-state index contributed by atoms with van der Waals surface area (Å²) in [4.78, 5) is 17.0. The first-order valence-corrected chi connectivity index (χ1v) is 10.8. The summed E-state index contributed by atoms with van der Waals surface area (Å²) in [5, 5.41) is 0. The molecular formula is C29H25NO3. The van der Waals surface area contributed by atoms with Crippen molar-refractivity contribution in [3.8, 4) is 22.6 Å². The number of carbonyl (C=O) groups is 1. The predicted octanol–water partition coefficient (Wildman–Crippen LogP) is 6.76. The van der Waals surface area contributed by atoms with Crippen molar-refractivity contribution < 1.29 is 14.3 Å². The summed E-state index contributed by atoms with van der Waals surface area (Å²) in [6.07, 6.45) is 1.91. The van der Waals surface area contributed by atoms with Gasteiger partial charge in [0, 0.05) is 6.21 Å². The molecule has 0 aromatic heterocycles. The Morgan fingerprint density at radius 1 is 0.758 bits per heavy atom. The maximum atomic E-state index is 12.3. The third-order valence-corrected chi connectivity index (χ3v) is 5.36. The molecule has 4 heteroatoms. The minimum atomic E-state index is -0.404. The van der Waals surface area contributed by atoms with Gasteiger partial charge < -0.3 is 9.47 Å². The second-order valence-corrected chi connectivity index (χ2v) is 7.63. The number of carbonyl (C=O) groups excluding carboxylic acids is 1. The van der Waals surface area contributed by atoms with Gasteiger partial charge in [0.1, 0.15) is 11.5 Å². The quantitative estimate of drug-likeness (QED) is 0.183. The Morgan fingerprint density at radius 3 is 1.94 bits per heavy atom. The standard InChI is InChI=1S/C29H25NO3/c1-21(23-6-4-3-5-7-23)30-20-22-8-10-24(11-9-22)25-12-18-28(19-13-25)33-29(31)26-14-16-27(32-2)17-15-26/h3-21H,1-2H3/t21-/m0/s1. The van der Waals surface area contributed by atoms with Gasteiger partial charge in [0.2, 0.25) is 0 Å². The number of benzene rings is 4. The number of esters is 1. The number of aliphatic imine (C=N–C) groups is 1. The van der Waals surface area contributed by atoms with Crippen molar-refractivity contribution in [1.82, 2.24) is 0 Å². The van der Waals surface area contributed by atoms with E-state index in [1.807, 2.05) is 48.7 Å². The smallest absolute Gasteiger partial charge is 0.343 e. The zero-order valence-corrected chi connectivity index (χ0v) is 18.6. The molecule has 1 atom stereocenters. The Kier molecular flexibility index (Phi) is 6.96. The monoisotopic (exact) mass is 435 g/mol. The number of nitrogens with zero attached hydrogens (tertiary/aromatic N) is 1. The second kappa shape index (κ2) is 10.4. The van der Waals surface area contributed by atoms with E-state index in [1.165, 1.54) is 5.56 Å². The number of rotatable bonds is 7. The lowest BCUT2D eigenvalue weighted by molar-refractivity contribution is 0.0734. The first-order valence-electron chi connectivity index (χ1n) is 10.8. The third-order valence-electron chi connectivity index (χ3n) is 5.36. The van der Waals surface area contributed by atoms with Gasteiger partial charge in [0.05, 0.1) is 18.7 Å². The SMILES string of the molecule is COc1ccc(C(=O)Oc2ccc(-c3ccc(C=N[C@@H](C)c4ccccc4)cc3)cc2)cc1. The highest BCUT2D eigenvalue weighted by Crippen LogP contribution is 2.24. The molecule has 0 saturated carbocycles. The van der Waals surface area contributed by atoms with Crippen molar-refractivity contribution in [2.24, 2.45) is 4.99 Å². The van der Waals surface area contributed by atoms with Gasteiger partial charge in [-0.15, -0.1) is 0 Å². The highest BCUT2D eigenvalue weighted by molar-refractivity contribution is 5.91. The molecule has 0 aliphatic heterocycles. The number of ether oxygens (including phenoxy) is 2. The molecule has 4 nitrogen and oxygen atoms in total. The van der Waals surface area contributed by atoms with E-state index in [1.54, 1.807) is 43.5 Å². The number of hydrogen-bond acceptors (Lipinski definition) is 4. The Balaban J connectivity index is 1.38. The van der Waals surface area contributed by atoms with Crippen molar-refractivity contribution in [3.63, 3.8) is 0 Å². The molecule has 0 radical (unpaired) electrons. The van der Waals surface area contributed by atoms with Crippen LogP contribution in [0.4, 0.5) is 0 Å². The minimum Gasteiger partial charge on any atom is -0.497 e. The predicted molar refractivity (Wildman–Crippen MR) is 132 cm³/mol. The molecule has 4 aromatic carbocycles. The molecule has 0 fully saturated rings. The summed E-state index contributed by atoms with van der Waals surface area (Å²) in [6, 6.07) is 32.9. The molecule has 0 bridgehead atoms. The first-order chi connectivity index (χ1) is 16.1. The van der Waals surface area contributed by atoms with Crippen molar-refractivity contribution in [3.05, 3.63) is 120 Å². The molecule has 164 valence electrons. The fourth-order valence-electron chi connectivity index (χ4n) is 3.39. The second-order valence-electron chi connectivity index (χ2n) is 7.63. The third kappa shape index (κ3) is 5.74. The summed E-state index contributed by atoms with van der Waals surface area (Å²) < 4.78 is 10.6. The van der Waals surface area contributed by atoms with Crippen LogP contribution in [0, 0.1) is 0 Å². The highest BCUT2D eigenvalue weighted by atomic mass is 16.5. The van der Waals surface area contributed by atoms with E-state index >= 15 is 0 Å². The van der Waals surface area contributed by atoms with Gasteiger partial charge in [0.15, 0.2) is 0 Å². The van der Waals surface area contributed by atoms with Gasteiger partial charge in [0.25, 0.3) is 0 Å². The van der Waals surface area contributed by atoms with Crippen LogP contribution in [-0.2, 0) is 0 Å². The first kappa shape index (κ1) is 22.0. The van der Waals surface area contributed by atoms with Crippen LogP contribution in [-0.4, -0.2) is 19.3 Å². The molecule has 0 saturated heterocycles. The van der Waals surface area contributed by atoms with E-state index in [4.69, 9.17) is 9.47 Å². The summed E-state index contributed by atoms with van der Waals surface area (Å²) in [5.41, 5.74) is 4.83. The normalized spacial score (nSPS) is 11.8. The van der Waals surface area contributed by atoms with Crippen LogP contribution in [0.1, 0.15) is 34.5 Å². The molecular weight excluding hydrogens is 410 g/mol. The van der Waals surface area contributed by atoms with Gasteiger partial charge >= 0.3 is 5.97 Å². The van der Waals surface area contributed by atoms with E-state index in [0.29, 0.717) is 17.1 Å². The molecule has 33 heavy (non-hydrogen) atoms. The molecule has 0 spiro atoms. The van der Waals surface area contributed by atoms with Gasteiger partial charge in [-0.2, -0.15) is 0 Å². The molecule has 0 aliphatic rings. The molecule has 0 heterocycles. The van der Waals surface area contributed by atoms with Crippen LogP contribution in [0.15, 0.2) is 108 Å². The van der Waals surface area contributed by atoms with Crippen LogP contribution in [0.25, 0.3) is 11.1 Å². The lowest BCUT2D eigenvalue weighted by Crippen LogP contribution is -2.08. The maximum Gasteiger partial charge on any atom is 0.343 e. The largest absolute Gasteiger partial charge is 0.497 e. The van der Waals surface area contributed by atoms with Crippen molar-refractivity contribution >= 4 is 12.2 Å². The van der Waals surface area contributed by atoms with Crippen molar-refractivity contribution in [1.29, 1.82) is 0 Å².